The molecule has 0 bridgehead atoms. The van der Waals surface area contributed by atoms with Crippen molar-refractivity contribution in [2.45, 2.75) is 18.0 Å². The minimum absolute atomic E-state index is 0.00625. The highest BCUT2D eigenvalue weighted by atomic mass is 32.2. The minimum atomic E-state index is 0.00625. The summed E-state index contributed by atoms with van der Waals surface area (Å²) in [4.78, 5) is 26.8. The van der Waals surface area contributed by atoms with Gasteiger partial charge in [-0.15, -0.1) is 0 Å². The smallest absolute Gasteiger partial charge is 0.256 e. The Morgan fingerprint density at radius 3 is 2.62 bits per heavy atom. The third-order valence-electron chi connectivity index (χ3n) is 4.06. The van der Waals surface area contributed by atoms with E-state index in [9.17, 15) is 4.79 Å². The Bertz CT molecular complexity index is 658. The molecule has 0 saturated carbocycles. The number of piperidine rings is 1. The summed E-state index contributed by atoms with van der Waals surface area (Å²) in [6.45, 7) is 2.11. The number of likely N-dealkylation sites (tertiary alicyclic amines) is 1. The molecular weight excluding hydrogens is 324 g/mol. The van der Waals surface area contributed by atoms with Gasteiger partial charge < -0.3 is 9.64 Å². The molecular formula is C17H20N4O2S. The number of nitrogens with zero attached hydrogens (tertiary/aromatic N) is 4. The van der Waals surface area contributed by atoms with Gasteiger partial charge in [0.2, 0.25) is 5.88 Å². The highest BCUT2D eigenvalue weighted by Gasteiger charge is 2.24. The lowest BCUT2D eigenvalue weighted by molar-refractivity contribution is 0.0658. The fraction of sp³-hybridized carbons (Fsp3) is 0.412. The number of pyridine rings is 1. The van der Waals surface area contributed by atoms with Gasteiger partial charge in [0, 0.05) is 37.7 Å². The van der Waals surface area contributed by atoms with E-state index in [0.717, 1.165) is 25.9 Å². The van der Waals surface area contributed by atoms with Crippen LogP contribution < -0.4 is 4.74 Å². The fourth-order valence-corrected chi connectivity index (χ4v) is 2.97. The second-order valence-electron chi connectivity index (χ2n) is 5.67. The van der Waals surface area contributed by atoms with E-state index in [1.165, 1.54) is 11.8 Å². The van der Waals surface area contributed by atoms with Crippen LogP contribution in [0.25, 0.3) is 0 Å². The molecule has 24 heavy (non-hydrogen) atoms. The third-order valence-corrected chi connectivity index (χ3v) is 4.64. The molecule has 0 atom stereocenters. The summed E-state index contributed by atoms with van der Waals surface area (Å²) >= 11 is 1.46. The first kappa shape index (κ1) is 16.7. The van der Waals surface area contributed by atoms with Gasteiger partial charge in [0.05, 0.1) is 12.2 Å². The number of hydrogen-bond donors (Lipinski definition) is 0. The maximum Gasteiger partial charge on any atom is 0.256 e. The largest absolute Gasteiger partial charge is 0.477 e. The van der Waals surface area contributed by atoms with Crippen molar-refractivity contribution < 1.29 is 9.53 Å². The highest BCUT2D eigenvalue weighted by Crippen LogP contribution is 2.20. The van der Waals surface area contributed by atoms with Gasteiger partial charge in [-0.2, -0.15) is 0 Å². The summed E-state index contributed by atoms with van der Waals surface area (Å²) in [5, 5.41) is 0.678. The first-order chi connectivity index (χ1) is 11.8. The van der Waals surface area contributed by atoms with Crippen molar-refractivity contribution in [3.05, 3.63) is 42.4 Å². The van der Waals surface area contributed by atoms with Crippen LogP contribution in [0.15, 0.2) is 41.9 Å². The van der Waals surface area contributed by atoms with Crippen molar-refractivity contribution in [2.75, 3.05) is 26.0 Å². The topological polar surface area (TPSA) is 68.2 Å². The molecule has 3 rings (SSSR count). The molecule has 3 heterocycles. The number of carbonyl (C=O) groups excluding carboxylic acids is 1. The van der Waals surface area contributed by atoms with Gasteiger partial charge in [0.1, 0.15) is 0 Å². The van der Waals surface area contributed by atoms with Gasteiger partial charge in [0.25, 0.3) is 5.91 Å². The minimum Gasteiger partial charge on any atom is -0.477 e. The molecule has 1 saturated heterocycles. The van der Waals surface area contributed by atoms with Crippen molar-refractivity contribution in [3.63, 3.8) is 0 Å². The first-order valence-corrected chi connectivity index (χ1v) is 9.18. The Labute approximate surface area is 145 Å². The van der Waals surface area contributed by atoms with E-state index >= 15 is 0 Å². The summed E-state index contributed by atoms with van der Waals surface area (Å²) in [6, 6.07) is 5.64. The third kappa shape index (κ3) is 4.23. The first-order valence-electron chi connectivity index (χ1n) is 7.95. The lowest BCUT2D eigenvalue weighted by atomic mass is 9.97. The second kappa shape index (κ2) is 8.10. The van der Waals surface area contributed by atoms with Crippen LogP contribution in [0.4, 0.5) is 0 Å². The molecule has 1 fully saturated rings. The lowest BCUT2D eigenvalue weighted by Crippen LogP contribution is -2.39. The average molecular weight is 344 g/mol. The average Bonchev–Trinajstić information content (AvgIpc) is 2.67. The predicted molar refractivity (Wildman–Crippen MR) is 92.2 cm³/mol. The molecule has 1 amide bonds. The Morgan fingerprint density at radius 1 is 1.25 bits per heavy atom. The molecule has 6 nitrogen and oxygen atoms in total. The van der Waals surface area contributed by atoms with Crippen LogP contribution in [0, 0.1) is 5.92 Å². The summed E-state index contributed by atoms with van der Waals surface area (Å²) in [7, 11) is 0. The van der Waals surface area contributed by atoms with Crippen LogP contribution in [-0.4, -0.2) is 51.7 Å². The molecule has 1 aliphatic heterocycles. The number of rotatable bonds is 5. The number of aromatic nitrogens is 3. The standard InChI is InChI=1S/C17H20N4O2S/c1-24-17-19-10-14(11-20-17)16(22)21-8-5-13(6-9-21)12-23-15-4-2-3-7-18-15/h2-4,7,10-11,13H,5-6,8-9,12H2,1H3. The summed E-state index contributed by atoms with van der Waals surface area (Å²) in [5.41, 5.74) is 0.552. The summed E-state index contributed by atoms with van der Waals surface area (Å²) in [5.74, 6) is 1.11. The van der Waals surface area contributed by atoms with E-state index < -0.39 is 0 Å². The zero-order valence-electron chi connectivity index (χ0n) is 13.6. The molecule has 0 unspecified atom stereocenters. The predicted octanol–water partition coefficient (Wildman–Crippen LogP) is 2.52. The molecule has 0 aliphatic carbocycles. The van der Waals surface area contributed by atoms with E-state index in [1.54, 1.807) is 18.6 Å². The van der Waals surface area contributed by atoms with E-state index in [-0.39, 0.29) is 5.91 Å². The van der Waals surface area contributed by atoms with Crippen LogP contribution in [-0.2, 0) is 0 Å². The van der Waals surface area contributed by atoms with Gasteiger partial charge in [-0.05, 0) is 31.1 Å². The molecule has 126 valence electrons. The van der Waals surface area contributed by atoms with Crippen LogP contribution >= 0.6 is 11.8 Å². The molecule has 2 aromatic heterocycles. The van der Waals surface area contributed by atoms with E-state index in [1.807, 2.05) is 29.4 Å². The van der Waals surface area contributed by atoms with Crippen LogP contribution in [0.2, 0.25) is 0 Å². The van der Waals surface area contributed by atoms with Crippen LogP contribution in [0.1, 0.15) is 23.2 Å². The quantitative estimate of drug-likeness (QED) is 0.613. The Kier molecular flexibility index (Phi) is 5.63. The van der Waals surface area contributed by atoms with Crippen molar-refractivity contribution in [1.82, 2.24) is 19.9 Å². The normalized spacial score (nSPS) is 15.3. The van der Waals surface area contributed by atoms with Crippen molar-refractivity contribution in [1.29, 1.82) is 0 Å². The lowest BCUT2D eigenvalue weighted by Gasteiger charge is -2.31. The number of carbonyl (C=O) groups is 1. The van der Waals surface area contributed by atoms with E-state index in [0.29, 0.717) is 29.1 Å². The Morgan fingerprint density at radius 2 is 2.00 bits per heavy atom. The van der Waals surface area contributed by atoms with Gasteiger partial charge in [-0.1, -0.05) is 17.8 Å². The molecule has 7 heteroatoms. The molecule has 0 spiro atoms. The molecule has 1 aliphatic rings. The Balaban J connectivity index is 1.48. The van der Waals surface area contributed by atoms with Gasteiger partial charge in [-0.25, -0.2) is 15.0 Å². The molecule has 2 aromatic rings. The second-order valence-corrected chi connectivity index (χ2v) is 6.45. The maximum atomic E-state index is 12.5. The number of hydrogen-bond acceptors (Lipinski definition) is 6. The van der Waals surface area contributed by atoms with Gasteiger partial charge in [0.15, 0.2) is 5.16 Å². The monoisotopic (exact) mass is 344 g/mol. The zero-order valence-corrected chi connectivity index (χ0v) is 14.4. The van der Waals surface area contributed by atoms with Crippen LogP contribution in [0.5, 0.6) is 5.88 Å². The van der Waals surface area contributed by atoms with Gasteiger partial charge in [-0.3, -0.25) is 4.79 Å². The number of thioether (sulfide) groups is 1. The van der Waals surface area contributed by atoms with Gasteiger partial charge >= 0.3 is 0 Å². The maximum absolute atomic E-state index is 12.5. The van der Waals surface area contributed by atoms with Crippen molar-refractivity contribution in [3.8, 4) is 5.88 Å². The fourth-order valence-electron chi connectivity index (χ4n) is 2.65. The molecule has 0 radical (unpaired) electrons. The molecule has 0 aromatic carbocycles. The number of amides is 1. The summed E-state index contributed by atoms with van der Waals surface area (Å²) < 4.78 is 5.71. The highest BCUT2D eigenvalue weighted by molar-refractivity contribution is 7.98. The van der Waals surface area contributed by atoms with Crippen LogP contribution in [0.3, 0.4) is 0 Å². The molecule has 0 N–H and O–H groups in total. The Hall–Kier alpha value is -2.15. The van der Waals surface area contributed by atoms with Crippen molar-refractivity contribution in [2.24, 2.45) is 5.92 Å². The van der Waals surface area contributed by atoms with E-state index in [2.05, 4.69) is 15.0 Å². The summed E-state index contributed by atoms with van der Waals surface area (Å²) in [6.07, 6.45) is 8.72. The number of ether oxygens (including phenoxy) is 1. The van der Waals surface area contributed by atoms with E-state index in [4.69, 9.17) is 4.74 Å². The van der Waals surface area contributed by atoms with Crippen molar-refractivity contribution >= 4 is 17.7 Å². The SMILES string of the molecule is CSc1ncc(C(=O)N2CCC(COc3ccccn3)CC2)cn1. The zero-order chi connectivity index (χ0) is 16.8.